The van der Waals surface area contributed by atoms with Gasteiger partial charge in [0.25, 0.3) is 0 Å². The Kier molecular flexibility index (Phi) is 4.41. The number of halogens is 1. The molecule has 0 aliphatic carbocycles. The molecule has 0 bridgehead atoms. The number of hydrogen-bond acceptors (Lipinski definition) is 3. The molecule has 1 aromatic rings. The zero-order valence-electron chi connectivity index (χ0n) is 9.53. The molecule has 0 spiro atoms. The van der Waals surface area contributed by atoms with Gasteiger partial charge in [0.2, 0.25) is 0 Å². The maximum absolute atomic E-state index is 9.54. The molecule has 1 fully saturated rings. The topological polar surface area (TPSA) is 23.5 Å². The number of thiophene rings is 1. The predicted molar refractivity (Wildman–Crippen MR) is 71.7 cm³/mol. The van der Waals surface area contributed by atoms with E-state index >= 15 is 0 Å². The minimum atomic E-state index is -0.143. The summed E-state index contributed by atoms with van der Waals surface area (Å²) in [6.07, 6.45) is 2.11. The number of hydrogen-bond donors (Lipinski definition) is 1. The van der Waals surface area contributed by atoms with Crippen molar-refractivity contribution in [2.45, 2.75) is 32.4 Å². The van der Waals surface area contributed by atoms with Gasteiger partial charge in [0.15, 0.2) is 0 Å². The molecule has 16 heavy (non-hydrogen) atoms. The van der Waals surface area contributed by atoms with Gasteiger partial charge < -0.3 is 5.11 Å². The molecule has 1 aromatic heterocycles. The molecule has 1 aliphatic rings. The zero-order valence-corrected chi connectivity index (χ0v) is 11.9. The molecule has 1 aliphatic heterocycles. The maximum Gasteiger partial charge on any atom is 0.0541 e. The summed E-state index contributed by atoms with van der Waals surface area (Å²) in [7, 11) is 0. The normalized spacial score (nSPS) is 21.2. The molecule has 4 heteroatoms. The smallest absolute Gasteiger partial charge is 0.0541 e. The van der Waals surface area contributed by atoms with Crippen LogP contribution in [-0.4, -0.2) is 29.2 Å². The van der Waals surface area contributed by atoms with Gasteiger partial charge in [0.05, 0.1) is 6.10 Å². The number of aliphatic hydroxyl groups is 1. The molecule has 0 amide bonds. The van der Waals surface area contributed by atoms with Crippen LogP contribution in [0.4, 0.5) is 0 Å². The molecular formula is C12H18BrNOS. The van der Waals surface area contributed by atoms with Gasteiger partial charge in [0, 0.05) is 15.9 Å². The lowest BCUT2D eigenvalue weighted by molar-refractivity contribution is 0.0698. The largest absolute Gasteiger partial charge is 0.393 e. The monoisotopic (exact) mass is 303 g/mol. The van der Waals surface area contributed by atoms with E-state index in [0.29, 0.717) is 5.92 Å². The van der Waals surface area contributed by atoms with Gasteiger partial charge >= 0.3 is 0 Å². The molecule has 0 radical (unpaired) electrons. The second-order valence-corrected chi connectivity index (χ2v) is 6.40. The molecule has 2 nitrogen and oxygen atoms in total. The first-order chi connectivity index (χ1) is 7.66. The van der Waals surface area contributed by atoms with Crippen LogP contribution in [-0.2, 0) is 6.54 Å². The van der Waals surface area contributed by atoms with E-state index < -0.39 is 0 Å². The van der Waals surface area contributed by atoms with Gasteiger partial charge in [-0.05, 0) is 66.1 Å². The van der Waals surface area contributed by atoms with Crippen molar-refractivity contribution in [2.75, 3.05) is 13.1 Å². The fourth-order valence-corrected chi connectivity index (χ4v) is 3.75. The van der Waals surface area contributed by atoms with E-state index in [-0.39, 0.29) is 6.10 Å². The Labute approximate surface area is 109 Å². The molecule has 1 N–H and O–H groups in total. The molecular weight excluding hydrogens is 286 g/mol. The third-order valence-electron chi connectivity index (χ3n) is 3.37. The SMILES string of the molecule is CC(O)C1CCN(Cc2sccc2Br)CC1. The molecule has 2 rings (SSSR count). The van der Waals surface area contributed by atoms with E-state index in [9.17, 15) is 5.11 Å². The van der Waals surface area contributed by atoms with Crippen LogP contribution in [0.15, 0.2) is 15.9 Å². The van der Waals surface area contributed by atoms with Gasteiger partial charge in [0.1, 0.15) is 0 Å². The van der Waals surface area contributed by atoms with Gasteiger partial charge in [-0.3, -0.25) is 4.90 Å². The van der Waals surface area contributed by atoms with Gasteiger partial charge in [-0.25, -0.2) is 0 Å². The quantitative estimate of drug-likeness (QED) is 0.927. The fraction of sp³-hybridized carbons (Fsp3) is 0.667. The summed E-state index contributed by atoms with van der Waals surface area (Å²) in [5.74, 6) is 0.503. The molecule has 1 unspecified atom stereocenters. The Morgan fingerprint density at radius 2 is 2.25 bits per heavy atom. The lowest BCUT2D eigenvalue weighted by atomic mass is 9.92. The third-order valence-corrected chi connectivity index (χ3v) is 5.28. The van der Waals surface area contributed by atoms with Crippen molar-refractivity contribution >= 4 is 27.3 Å². The molecule has 1 atom stereocenters. The van der Waals surface area contributed by atoms with Gasteiger partial charge in [-0.1, -0.05) is 0 Å². The zero-order chi connectivity index (χ0) is 11.5. The summed E-state index contributed by atoms with van der Waals surface area (Å²) in [5, 5.41) is 11.7. The highest BCUT2D eigenvalue weighted by Crippen LogP contribution is 2.27. The van der Waals surface area contributed by atoms with Crippen molar-refractivity contribution in [3.63, 3.8) is 0 Å². The second kappa shape index (κ2) is 5.63. The highest BCUT2D eigenvalue weighted by atomic mass is 79.9. The Balaban J connectivity index is 1.84. The van der Waals surface area contributed by atoms with Crippen LogP contribution in [0.25, 0.3) is 0 Å². The van der Waals surface area contributed by atoms with E-state index in [1.807, 2.05) is 18.3 Å². The minimum Gasteiger partial charge on any atom is -0.393 e. The van der Waals surface area contributed by atoms with E-state index in [4.69, 9.17) is 0 Å². The number of likely N-dealkylation sites (tertiary alicyclic amines) is 1. The Morgan fingerprint density at radius 3 is 2.75 bits per heavy atom. The van der Waals surface area contributed by atoms with Crippen molar-refractivity contribution in [1.29, 1.82) is 0 Å². The summed E-state index contributed by atoms with van der Waals surface area (Å²) in [4.78, 5) is 3.89. The predicted octanol–water partition coefficient (Wildman–Crippen LogP) is 3.10. The van der Waals surface area contributed by atoms with Crippen LogP contribution in [0.2, 0.25) is 0 Å². The number of nitrogens with zero attached hydrogens (tertiary/aromatic N) is 1. The van der Waals surface area contributed by atoms with E-state index in [2.05, 4.69) is 32.3 Å². The van der Waals surface area contributed by atoms with Gasteiger partial charge in [-0.2, -0.15) is 0 Å². The minimum absolute atomic E-state index is 0.143. The van der Waals surface area contributed by atoms with Crippen LogP contribution in [0, 0.1) is 5.92 Å². The van der Waals surface area contributed by atoms with Crippen LogP contribution in [0.3, 0.4) is 0 Å². The summed E-state index contributed by atoms with van der Waals surface area (Å²) in [5.41, 5.74) is 0. The van der Waals surface area contributed by atoms with Crippen molar-refractivity contribution in [2.24, 2.45) is 5.92 Å². The summed E-state index contributed by atoms with van der Waals surface area (Å²) >= 11 is 5.38. The summed E-state index contributed by atoms with van der Waals surface area (Å²) in [6, 6.07) is 2.11. The Morgan fingerprint density at radius 1 is 1.56 bits per heavy atom. The average Bonchev–Trinajstić information content (AvgIpc) is 2.65. The van der Waals surface area contributed by atoms with Crippen molar-refractivity contribution in [1.82, 2.24) is 4.90 Å². The number of piperidine rings is 1. The fourth-order valence-electron chi connectivity index (χ4n) is 2.23. The Bertz CT molecular complexity index is 332. The van der Waals surface area contributed by atoms with E-state index in [0.717, 1.165) is 32.5 Å². The summed E-state index contributed by atoms with van der Waals surface area (Å²) < 4.78 is 1.23. The molecule has 90 valence electrons. The molecule has 2 heterocycles. The molecule has 1 saturated heterocycles. The van der Waals surface area contributed by atoms with E-state index in [1.165, 1.54) is 9.35 Å². The number of rotatable bonds is 3. The summed E-state index contributed by atoms with van der Waals surface area (Å²) in [6.45, 7) is 5.18. The van der Waals surface area contributed by atoms with Crippen molar-refractivity contribution < 1.29 is 5.11 Å². The molecule has 0 saturated carbocycles. The standard InChI is InChI=1S/C12H18BrNOS/c1-9(15)10-2-5-14(6-3-10)8-12-11(13)4-7-16-12/h4,7,9-10,15H,2-3,5-6,8H2,1H3. The Hall–Kier alpha value is 0.100. The first-order valence-corrected chi connectivity index (χ1v) is 7.46. The first kappa shape index (κ1) is 12.6. The van der Waals surface area contributed by atoms with Gasteiger partial charge in [-0.15, -0.1) is 11.3 Å². The van der Waals surface area contributed by atoms with Crippen LogP contribution < -0.4 is 0 Å². The van der Waals surface area contributed by atoms with Crippen LogP contribution in [0.1, 0.15) is 24.6 Å². The lowest BCUT2D eigenvalue weighted by Gasteiger charge is -2.33. The number of aliphatic hydroxyl groups excluding tert-OH is 1. The van der Waals surface area contributed by atoms with Crippen molar-refractivity contribution in [3.05, 3.63) is 20.8 Å². The maximum atomic E-state index is 9.54. The van der Waals surface area contributed by atoms with Crippen molar-refractivity contribution in [3.8, 4) is 0 Å². The van der Waals surface area contributed by atoms with E-state index in [1.54, 1.807) is 0 Å². The third kappa shape index (κ3) is 3.06. The molecule has 0 aromatic carbocycles. The lowest BCUT2D eigenvalue weighted by Crippen LogP contribution is -2.36. The second-order valence-electron chi connectivity index (χ2n) is 4.55. The first-order valence-electron chi connectivity index (χ1n) is 5.79. The highest BCUT2D eigenvalue weighted by Gasteiger charge is 2.22. The van der Waals surface area contributed by atoms with Crippen LogP contribution in [0.5, 0.6) is 0 Å². The van der Waals surface area contributed by atoms with Crippen LogP contribution >= 0.6 is 27.3 Å². The average molecular weight is 304 g/mol. The highest BCUT2D eigenvalue weighted by molar-refractivity contribution is 9.10.